The fourth-order valence-electron chi connectivity index (χ4n) is 2.07. The zero-order valence-corrected chi connectivity index (χ0v) is 12.4. The van der Waals surface area contributed by atoms with Crippen LogP contribution >= 0.6 is 11.3 Å². The second kappa shape index (κ2) is 5.10. The molecule has 3 heteroatoms. The summed E-state index contributed by atoms with van der Waals surface area (Å²) in [6.07, 6.45) is 0. The monoisotopic (exact) mass is 280 g/mol. The highest BCUT2D eigenvalue weighted by Crippen LogP contribution is 2.30. The van der Waals surface area contributed by atoms with Gasteiger partial charge in [0.1, 0.15) is 5.01 Å². The number of rotatable bonds is 2. The van der Waals surface area contributed by atoms with Crippen molar-refractivity contribution in [2.75, 3.05) is 5.73 Å². The molecule has 0 spiro atoms. The normalized spacial score (nSPS) is 10.7. The Hall–Kier alpha value is -2.13. The van der Waals surface area contributed by atoms with Crippen LogP contribution < -0.4 is 5.73 Å². The van der Waals surface area contributed by atoms with Crippen LogP contribution in [0.25, 0.3) is 21.8 Å². The molecule has 0 saturated heterocycles. The second-order valence-electron chi connectivity index (χ2n) is 4.96. The predicted molar refractivity (Wildman–Crippen MR) is 86.9 cm³/mol. The molecule has 100 valence electrons. The summed E-state index contributed by atoms with van der Waals surface area (Å²) in [7, 11) is 0. The smallest absolute Gasteiger partial charge is 0.124 e. The first-order chi connectivity index (χ1) is 9.63. The van der Waals surface area contributed by atoms with E-state index in [2.05, 4.69) is 37.4 Å². The minimum atomic E-state index is 0.777. The maximum Gasteiger partial charge on any atom is 0.124 e. The van der Waals surface area contributed by atoms with E-state index in [0.29, 0.717) is 0 Å². The van der Waals surface area contributed by atoms with Crippen molar-refractivity contribution < 1.29 is 0 Å². The van der Waals surface area contributed by atoms with Gasteiger partial charge in [0.15, 0.2) is 0 Å². The third kappa shape index (κ3) is 2.45. The number of thiazole rings is 1. The van der Waals surface area contributed by atoms with Gasteiger partial charge in [-0.15, -0.1) is 11.3 Å². The number of aromatic nitrogens is 1. The molecule has 0 atom stereocenters. The topological polar surface area (TPSA) is 38.9 Å². The molecule has 0 aliphatic rings. The van der Waals surface area contributed by atoms with Gasteiger partial charge in [0.25, 0.3) is 0 Å². The fraction of sp³-hybridized carbons (Fsp3) is 0.118. The lowest BCUT2D eigenvalue weighted by Crippen LogP contribution is -1.85. The first-order valence-electron chi connectivity index (χ1n) is 6.52. The Labute approximate surface area is 122 Å². The highest BCUT2D eigenvalue weighted by Gasteiger charge is 2.07. The molecular weight excluding hydrogens is 264 g/mol. The molecule has 0 radical (unpaired) electrons. The lowest BCUT2D eigenvalue weighted by molar-refractivity contribution is 1.32. The number of anilines is 1. The number of hydrogen-bond donors (Lipinski definition) is 1. The summed E-state index contributed by atoms with van der Waals surface area (Å²) in [5, 5.41) is 3.13. The van der Waals surface area contributed by atoms with Crippen molar-refractivity contribution in [3.05, 3.63) is 59.0 Å². The molecule has 0 bridgehead atoms. The first kappa shape index (κ1) is 12.9. The van der Waals surface area contributed by atoms with Gasteiger partial charge in [-0.05, 0) is 55.3 Å². The number of nitrogen functional groups attached to an aromatic ring is 1. The van der Waals surface area contributed by atoms with Crippen LogP contribution in [-0.2, 0) is 0 Å². The van der Waals surface area contributed by atoms with E-state index >= 15 is 0 Å². The van der Waals surface area contributed by atoms with Crippen LogP contribution in [0.1, 0.15) is 11.1 Å². The van der Waals surface area contributed by atoms with Crippen LogP contribution in [0, 0.1) is 13.8 Å². The number of nitrogens with zero attached hydrogens (tertiary/aromatic N) is 1. The van der Waals surface area contributed by atoms with E-state index < -0.39 is 0 Å². The van der Waals surface area contributed by atoms with Gasteiger partial charge in [-0.25, -0.2) is 4.98 Å². The summed E-state index contributed by atoms with van der Waals surface area (Å²) in [5.41, 5.74) is 12.4. The minimum absolute atomic E-state index is 0.777. The van der Waals surface area contributed by atoms with Crippen LogP contribution in [0.3, 0.4) is 0 Å². The molecule has 0 amide bonds. The summed E-state index contributed by atoms with van der Waals surface area (Å²) in [5.74, 6) is 0. The van der Waals surface area contributed by atoms with Gasteiger partial charge >= 0.3 is 0 Å². The van der Waals surface area contributed by atoms with Crippen LogP contribution in [0.2, 0.25) is 0 Å². The van der Waals surface area contributed by atoms with Crippen LogP contribution in [0.4, 0.5) is 5.69 Å². The molecule has 3 rings (SSSR count). The number of aryl methyl sites for hydroxylation is 2. The highest BCUT2D eigenvalue weighted by molar-refractivity contribution is 7.13. The number of nitrogens with two attached hydrogens (primary N) is 1. The van der Waals surface area contributed by atoms with Gasteiger partial charge in [0.05, 0.1) is 5.69 Å². The molecule has 2 aromatic carbocycles. The Morgan fingerprint density at radius 1 is 0.900 bits per heavy atom. The van der Waals surface area contributed by atoms with E-state index in [4.69, 9.17) is 10.7 Å². The largest absolute Gasteiger partial charge is 0.399 e. The zero-order chi connectivity index (χ0) is 14.1. The van der Waals surface area contributed by atoms with Crippen molar-refractivity contribution in [1.29, 1.82) is 0 Å². The molecule has 0 saturated carbocycles. The molecule has 3 aromatic rings. The molecule has 0 unspecified atom stereocenters. The zero-order valence-electron chi connectivity index (χ0n) is 11.6. The van der Waals surface area contributed by atoms with Crippen molar-refractivity contribution in [2.24, 2.45) is 0 Å². The standard InChI is InChI=1S/C17H16N2S/c1-11-3-4-14(9-12(11)2)16-10-20-17(19-16)13-5-7-15(18)8-6-13/h3-10H,18H2,1-2H3. The van der Waals surface area contributed by atoms with E-state index in [1.54, 1.807) is 11.3 Å². The average molecular weight is 280 g/mol. The lowest BCUT2D eigenvalue weighted by Gasteiger charge is -2.02. The second-order valence-corrected chi connectivity index (χ2v) is 5.82. The van der Waals surface area contributed by atoms with Crippen molar-refractivity contribution in [2.45, 2.75) is 13.8 Å². The Bertz CT molecular complexity index is 742. The van der Waals surface area contributed by atoms with Crippen molar-refractivity contribution in [1.82, 2.24) is 4.98 Å². The van der Waals surface area contributed by atoms with Crippen molar-refractivity contribution in [3.63, 3.8) is 0 Å². The number of benzene rings is 2. The molecular formula is C17H16N2S. The molecule has 0 fully saturated rings. The van der Waals surface area contributed by atoms with Gasteiger partial charge in [-0.2, -0.15) is 0 Å². The van der Waals surface area contributed by atoms with Crippen LogP contribution in [-0.4, -0.2) is 4.98 Å². The van der Waals surface area contributed by atoms with Gasteiger partial charge in [-0.1, -0.05) is 12.1 Å². The average Bonchev–Trinajstić information content (AvgIpc) is 2.92. The van der Waals surface area contributed by atoms with Crippen molar-refractivity contribution >= 4 is 17.0 Å². The Balaban J connectivity index is 1.97. The van der Waals surface area contributed by atoms with Gasteiger partial charge in [0.2, 0.25) is 0 Å². The van der Waals surface area contributed by atoms with Crippen molar-refractivity contribution in [3.8, 4) is 21.8 Å². The third-order valence-corrected chi connectivity index (χ3v) is 4.36. The molecule has 0 aliphatic heterocycles. The van der Waals surface area contributed by atoms with Crippen LogP contribution in [0.15, 0.2) is 47.8 Å². The maximum atomic E-state index is 5.71. The quantitative estimate of drug-likeness (QED) is 0.692. The Kier molecular flexibility index (Phi) is 3.28. The molecule has 2 nitrogen and oxygen atoms in total. The summed E-state index contributed by atoms with van der Waals surface area (Å²) >= 11 is 1.66. The van der Waals surface area contributed by atoms with Gasteiger partial charge < -0.3 is 5.73 Å². The summed E-state index contributed by atoms with van der Waals surface area (Å²) < 4.78 is 0. The molecule has 0 aliphatic carbocycles. The fourth-order valence-corrected chi connectivity index (χ4v) is 2.90. The van der Waals surface area contributed by atoms with Crippen LogP contribution in [0.5, 0.6) is 0 Å². The summed E-state index contributed by atoms with van der Waals surface area (Å²) in [6.45, 7) is 4.26. The SMILES string of the molecule is Cc1ccc(-c2csc(-c3ccc(N)cc3)n2)cc1C. The molecule has 2 N–H and O–H groups in total. The Morgan fingerprint density at radius 3 is 2.30 bits per heavy atom. The van der Waals surface area contributed by atoms with Gasteiger partial charge in [0, 0.05) is 22.2 Å². The molecule has 1 heterocycles. The number of hydrogen-bond acceptors (Lipinski definition) is 3. The lowest BCUT2D eigenvalue weighted by atomic mass is 10.1. The third-order valence-electron chi connectivity index (χ3n) is 3.46. The molecule has 20 heavy (non-hydrogen) atoms. The maximum absolute atomic E-state index is 5.71. The highest BCUT2D eigenvalue weighted by atomic mass is 32.1. The minimum Gasteiger partial charge on any atom is -0.399 e. The summed E-state index contributed by atoms with van der Waals surface area (Å²) in [4.78, 5) is 4.73. The first-order valence-corrected chi connectivity index (χ1v) is 7.40. The van der Waals surface area contributed by atoms with E-state index in [9.17, 15) is 0 Å². The van der Waals surface area contributed by atoms with E-state index in [0.717, 1.165) is 22.0 Å². The van der Waals surface area contributed by atoms with Gasteiger partial charge in [-0.3, -0.25) is 0 Å². The molecule has 1 aromatic heterocycles. The van der Waals surface area contributed by atoms with E-state index in [-0.39, 0.29) is 0 Å². The van der Waals surface area contributed by atoms with E-state index in [1.165, 1.54) is 16.7 Å². The summed E-state index contributed by atoms with van der Waals surface area (Å²) in [6, 6.07) is 14.3. The Morgan fingerprint density at radius 2 is 1.60 bits per heavy atom. The van der Waals surface area contributed by atoms with E-state index in [1.807, 2.05) is 24.3 Å². The predicted octanol–water partition coefficient (Wildman–Crippen LogP) is 4.68.